The molecule has 63 heavy (non-hydrogen) atoms. The van der Waals surface area contributed by atoms with E-state index in [0.29, 0.717) is 33.8 Å². The van der Waals surface area contributed by atoms with E-state index < -0.39 is 26.7 Å². The molecule has 1 radical (unpaired) electrons. The number of para-hydroxylation sites is 3. The van der Waals surface area contributed by atoms with E-state index in [4.69, 9.17) is 16.3 Å². The molecule has 0 aliphatic rings. The van der Waals surface area contributed by atoms with E-state index >= 15 is 0 Å². The fraction of sp³-hybridized carbons (Fsp3) is 0.263. The van der Waals surface area contributed by atoms with Gasteiger partial charge in [-0.3, -0.25) is 4.98 Å². The topological polar surface area (TPSA) is 43.9 Å². The predicted octanol–water partition coefficient (Wildman–Crippen LogP) is 15.3. The standard InChI is InChI=1S/C37H31N2O.C20H28NSi.Ir/c1-23(2)30-21-26(25-13-6-5-7-14-25)22-31(24(3)4)35(30)39-33-19-10-9-18-32(33)38-37(39)29-17-12-16-28-27-15-8-11-20-34(27)40-36(28)29;1-15-18(22(5,6)7)13-17(14-20(2,3)4)19(21-15)16-11-9-8-10-12-16;/h5-16,18-24H,1-4H3;8-11,13H,14H2,1-7H3;/q2*-1;/i;1D3,14D2;. The average molecular weight is 1030 g/mol. The summed E-state index contributed by atoms with van der Waals surface area (Å²) < 4.78 is 50.4. The number of nitrogens with zero attached hydrogens (tertiary/aromatic N) is 3. The smallest absolute Gasteiger partial charge is 0.120 e. The third-order valence-electron chi connectivity index (χ3n) is 11.2. The largest absolute Gasteiger partial charge is 0.501 e. The van der Waals surface area contributed by atoms with E-state index in [1.54, 1.807) is 18.2 Å². The number of imidazole rings is 1. The number of rotatable bonds is 8. The number of fused-ring (bicyclic) bond motifs is 4. The Kier molecular flexibility index (Phi) is 11.4. The number of hydrogen-bond acceptors (Lipinski definition) is 3. The van der Waals surface area contributed by atoms with Crippen LogP contribution in [-0.4, -0.2) is 22.6 Å². The second-order valence-corrected chi connectivity index (χ2v) is 23.9. The zero-order chi connectivity index (χ0) is 48.2. The third-order valence-corrected chi connectivity index (χ3v) is 13.2. The number of hydrogen-bond donors (Lipinski definition) is 0. The van der Waals surface area contributed by atoms with Gasteiger partial charge in [0.2, 0.25) is 0 Å². The molecule has 0 N–H and O–H groups in total. The first-order valence-corrected chi connectivity index (χ1v) is 25.1. The monoisotopic (exact) mass is 1030 g/mol. The first-order valence-electron chi connectivity index (χ1n) is 24.1. The summed E-state index contributed by atoms with van der Waals surface area (Å²) in [5.74, 6) is 1.45. The van der Waals surface area contributed by atoms with Crippen LogP contribution in [-0.2, 0) is 26.5 Å². The van der Waals surface area contributed by atoms with Gasteiger partial charge in [-0.1, -0.05) is 151 Å². The number of aromatic nitrogens is 3. The van der Waals surface area contributed by atoms with Gasteiger partial charge in [0.1, 0.15) is 5.58 Å². The molecule has 3 heterocycles. The van der Waals surface area contributed by atoms with Crippen molar-refractivity contribution < 1.29 is 31.4 Å². The second kappa shape index (κ2) is 18.4. The molecule has 6 heteroatoms. The van der Waals surface area contributed by atoms with Crippen LogP contribution in [0, 0.1) is 24.4 Å². The van der Waals surface area contributed by atoms with Gasteiger partial charge in [-0.2, -0.15) is 0 Å². The minimum Gasteiger partial charge on any atom is -0.501 e. The summed E-state index contributed by atoms with van der Waals surface area (Å²) in [5.41, 5.74) is 11.7. The molecule has 323 valence electrons. The summed E-state index contributed by atoms with van der Waals surface area (Å²) in [4.78, 5) is 9.79. The van der Waals surface area contributed by atoms with Crippen LogP contribution in [0.15, 0.2) is 138 Å². The van der Waals surface area contributed by atoms with Crippen LogP contribution in [0.5, 0.6) is 0 Å². The number of furan rings is 1. The van der Waals surface area contributed by atoms with Crippen molar-refractivity contribution in [3.05, 3.63) is 168 Å². The van der Waals surface area contributed by atoms with Crippen LogP contribution in [0.4, 0.5) is 0 Å². The quantitative estimate of drug-likeness (QED) is 0.113. The Morgan fingerprint density at radius 1 is 0.730 bits per heavy atom. The SMILES string of the molecule is CC(C)c1cc(-c2ccccc2)cc(C(C)C)c1-n1c(-c2[c-]ccc3c2oc2ccccc23)nc2ccccc21.[2H]C([2H])([2H])c1nc(-c2[c-]cccc2)c(C([2H])([2H])C(C)(C)C)cc1[Si](C)(C)C.[Ir]. The molecule has 9 aromatic rings. The summed E-state index contributed by atoms with van der Waals surface area (Å²) in [6, 6.07) is 51.7. The Morgan fingerprint density at radius 2 is 1.40 bits per heavy atom. The molecule has 9 rings (SSSR count). The average Bonchev–Trinajstić information content (AvgIpc) is 3.87. The first kappa shape index (κ1) is 39.2. The Balaban J connectivity index is 0.000000215. The van der Waals surface area contributed by atoms with Gasteiger partial charge in [0, 0.05) is 43.7 Å². The van der Waals surface area contributed by atoms with Gasteiger partial charge in [0.15, 0.2) is 0 Å². The summed E-state index contributed by atoms with van der Waals surface area (Å²) >= 11 is 0. The van der Waals surface area contributed by atoms with Crippen molar-refractivity contribution in [3.63, 3.8) is 0 Å². The summed E-state index contributed by atoms with van der Waals surface area (Å²) in [6.45, 7) is 18.5. The Hall–Kier alpha value is -5.39. The van der Waals surface area contributed by atoms with E-state index in [1.807, 2.05) is 51.1 Å². The minimum atomic E-state index is -2.36. The molecule has 0 saturated heterocycles. The second-order valence-electron chi connectivity index (χ2n) is 18.8. The normalized spacial score (nSPS) is 13.6. The molecule has 0 amide bonds. The van der Waals surface area contributed by atoms with E-state index in [-0.39, 0.29) is 25.8 Å². The van der Waals surface area contributed by atoms with Crippen molar-refractivity contribution in [1.29, 1.82) is 0 Å². The van der Waals surface area contributed by atoms with Crippen LogP contribution in [0.1, 0.15) is 89.5 Å². The molecule has 0 saturated carbocycles. The van der Waals surface area contributed by atoms with Crippen LogP contribution in [0.2, 0.25) is 19.6 Å². The third kappa shape index (κ3) is 9.46. The Morgan fingerprint density at radius 3 is 2.05 bits per heavy atom. The van der Waals surface area contributed by atoms with Gasteiger partial charge in [0.25, 0.3) is 0 Å². The summed E-state index contributed by atoms with van der Waals surface area (Å²) in [6.07, 6.45) is -1.69. The Bertz CT molecular complexity index is 3210. The van der Waals surface area contributed by atoms with Crippen LogP contribution >= 0.6 is 0 Å². The first-order chi connectivity index (χ1) is 31.6. The van der Waals surface area contributed by atoms with Gasteiger partial charge >= 0.3 is 0 Å². The maximum Gasteiger partial charge on any atom is 0.120 e. The predicted molar refractivity (Wildman–Crippen MR) is 266 cm³/mol. The van der Waals surface area contributed by atoms with Crippen molar-refractivity contribution >= 4 is 46.2 Å². The maximum atomic E-state index is 8.82. The zero-order valence-corrected chi connectivity index (χ0v) is 41.3. The molecule has 0 unspecified atom stereocenters. The fourth-order valence-electron chi connectivity index (χ4n) is 8.22. The molecule has 0 fully saturated rings. The summed E-state index contributed by atoms with van der Waals surface area (Å²) in [5, 5.41) is 2.87. The Labute approximate surface area is 396 Å². The van der Waals surface area contributed by atoms with Gasteiger partial charge in [-0.25, -0.2) is 0 Å². The van der Waals surface area contributed by atoms with Crippen molar-refractivity contribution in [3.8, 4) is 39.5 Å². The number of pyridine rings is 1. The van der Waals surface area contributed by atoms with E-state index in [1.165, 1.54) is 27.9 Å². The van der Waals surface area contributed by atoms with Crippen molar-refractivity contribution in [2.75, 3.05) is 0 Å². The minimum absolute atomic E-state index is 0. The molecular weight excluding hydrogens is 963 g/mol. The van der Waals surface area contributed by atoms with Crippen molar-refractivity contribution in [2.45, 2.75) is 93.2 Å². The van der Waals surface area contributed by atoms with E-state index in [2.05, 4.69) is 154 Å². The van der Waals surface area contributed by atoms with Crippen LogP contribution in [0.3, 0.4) is 0 Å². The van der Waals surface area contributed by atoms with Crippen molar-refractivity contribution in [2.24, 2.45) is 5.41 Å². The molecular formula is C57H59IrN3OSi-2. The number of benzene rings is 6. The van der Waals surface area contributed by atoms with Gasteiger partial charge in [-0.05, 0) is 93.9 Å². The molecule has 0 aliphatic heterocycles. The molecule has 4 nitrogen and oxygen atoms in total. The zero-order valence-electron chi connectivity index (χ0n) is 42.9. The van der Waals surface area contributed by atoms with Gasteiger partial charge in [-0.15, -0.1) is 54.1 Å². The molecule has 0 bridgehead atoms. The molecule has 6 aromatic carbocycles. The van der Waals surface area contributed by atoms with Crippen LogP contribution < -0.4 is 5.19 Å². The summed E-state index contributed by atoms with van der Waals surface area (Å²) in [7, 11) is -2.08. The molecule has 0 spiro atoms. The van der Waals surface area contributed by atoms with Crippen LogP contribution in [0.25, 0.3) is 72.4 Å². The van der Waals surface area contributed by atoms with Gasteiger partial charge in [0.05, 0.1) is 30.5 Å². The molecule has 0 aliphatic carbocycles. The van der Waals surface area contributed by atoms with E-state index in [0.717, 1.165) is 44.4 Å². The molecule has 3 aromatic heterocycles. The van der Waals surface area contributed by atoms with Gasteiger partial charge < -0.3 is 14.0 Å². The fourth-order valence-corrected chi connectivity index (χ4v) is 9.57. The van der Waals surface area contributed by atoms with Crippen molar-refractivity contribution in [1.82, 2.24) is 14.5 Å². The van der Waals surface area contributed by atoms with E-state index in [9.17, 15) is 0 Å². The molecule has 0 atom stereocenters. The maximum absolute atomic E-state index is 8.82. The number of aryl methyl sites for hydroxylation is 1.